The molecular formula is C18H11BrClF3N4OS. The lowest BCUT2D eigenvalue weighted by molar-refractivity contribution is -0.198. The van der Waals surface area contributed by atoms with Crippen LogP contribution in [0.2, 0.25) is 5.02 Å². The highest BCUT2D eigenvalue weighted by Crippen LogP contribution is 2.42. The van der Waals surface area contributed by atoms with E-state index >= 15 is 0 Å². The molecule has 0 fully saturated rings. The van der Waals surface area contributed by atoms with Crippen molar-refractivity contribution in [3.63, 3.8) is 0 Å². The van der Waals surface area contributed by atoms with Crippen molar-refractivity contribution in [1.82, 2.24) is 19.7 Å². The SMILES string of the molecule is Cc1ccn(-c2cc(Cl)ccc2[C@@H](Oc2ncnc3c(Br)csc23)C(F)(F)F)n1. The van der Waals surface area contributed by atoms with Gasteiger partial charge in [-0.05, 0) is 41.1 Å². The molecule has 29 heavy (non-hydrogen) atoms. The Morgan fingerprint density at radius 3 is 2.72 bits per heavy atom. The van der Waals surface area contributed by atoms with Gasteiger partial charge in [-0.1, -0.05) is 17.7 Å². The van der Waals surface area contributed by atoms with Crippen LogP contribution in [-0.4, -0.2) is 25.9 Å². The molecule has 0 radical (unpaired) electrons. The summed E-state index contributed by atoms with van der Waals surface area (Å²) >= 11 is 10.6. The third-order valence-corrected chi connectivity index (χ3v) is 6.15. The second-order valence-corrected chi connectivity index (χ2v) is 8.25. The maximum Gasteiger partial charge on any atom is 0.429 e. The van der Waals surface area contributed by atoms with Gasteiger partial charge in [0.2, 0.25) is 12.0 Å². The Bertz CT molecular complexity index is 1190. The standard InChI is InChI=1S/C18H11BrClF3N4OS/c1-9-4-5-27(26-9)13-6-10(20)2-3-11(13)16(18(21,22)23)28-17-15-14(24-8-25-17)12(19)7-29-15/h2-8,16H,1H3/t16-/m1/s1. The van der Waals surface area contributed by atoms with E-state index in [1.807, 2.05) is 0 Å². The second-order valence-electron chi connectivity index (χ2n) is 6.08. The van der Waals surface area contributed by atoms with Crippen molar-refractivity contribution in [2.75, 3.05) is 0 Å². The van der Waals surface area contributed by atoms with Crippen LogP contribution in [0.5, 0.6) is 5.88 Å². The van der Waals surface area contributed by atoms with E-state index in [9.17, 15) is 13.2 Å². The zero-order chi connectivity index (χ0) is 20.8. The number of hydrogen-bond acceptors (Lipinski definition) is 5. The third-order valence-electron chi connectivity index (χ3n) is 4.05. The highest BCUT2D eigenvalue weighted by atomic mass is 79.9. The molecule has 0 saturated carbocycles. The number of rotatable bonds is 4. The number of aryl methyl sites for hydroxylation is 1. The predicted octanol–water partition coefficient (Wildman–Crippen LogP) is 6.28. The van der Waals surface area contributed by atoms with Gasteiger partial charge in [-0.25, -0.2) is 14.6 Å². The molecule has 0 aliphatic rings. The number of ether oxygens (including phenoxy) is 1. The summed E-state index contributed by atoms with van der Waals surface area (Å²) in [7, 11) is 0. The predicted molar refractivity (Wildman–Crippen MR) is 108 cm³/mol. The van der Waals surface area contributed by atoms with E-state index in [2.05, 4.69) is 31.0 Å². The van der Waals surface area contributed by atoms with Crippen LogP contribution in [0, 0.1) is 6.92 Å². The first-order valence-electron chi connectivity index (χ1n) is 8.17. The van der Waals surface area contributed by atoms with E-state index in [0.29, 0.717) is 20.4 Å². The van der Waals surface area contributed by atoms with Crippen LogP contribution in [0.4, 0.5) is 13.2 Å². The Hall–Kier alpha value is -2.17. The van der Waals surface area contributed by atoms with E-state index in [1.54, 1.807) is 24.6 Å². The van der Waals surface area contributed by atoms with E-state index < -0.39 is 12.3 Å². The lowest BCUT2D eigenvalue weighted by atomic mass is 10.1. The molecule has 0 aliphatic carbocycles. The number of hydrogen-bond donors (Lipinski definition) is 0. The van der Waals surface area contributed by atoms with Crippen molar-refractivity contribution in [3.05, 3.63) is 62.9 Å². The van der Waals surface area contributed by atoms with E-state index in [-0.39, 0.29) is 22.2 Å². The lowest BCUT2D eigenvalue weighted by Gasteiger charge is -2.24. The van der Waals surface area contributed by atoms with Crippen molar-refractivity contribution in [1.29, 1.82) is 0 Å². The molecule has 0 bridgehead atoms. The molecule has 0 saturated heterocycles. The highest BCUT2D eigenvalue weighted by molar-refractivity contribution is 9.10. The van der Waals surface area contributed by atoms with E-state index in [4.69, 9.17) is 16.3 Å². The molecule has 0 spiro atoms. The minimum atomic E-state index is -4.71. The minimum absolute atomic E-state index is 0.132. The topological polar surface area (TPSA) is 52.8 Å². The van der Waals surface area contributed by atoms with Crippen LogP contribution >= 0.6 is 38.9 Å². The first-order chi connectivity index (χ1) is 13.7. The monoisotopic (exact) mass is 502 g/mol. The zero-order valence-corrected chi connectivity index (χ0v) is 17.8. The van der Waals surface area contributed by atoms with Gasteiger partial charge in [0.1, 0.15) is 16.5 Å². The summed E-state index contributed by atoms with van der Waals surface area (Å²) in [6.45, 7) is 1.74. The maximum atomic E-state index is 14.1. The molecule has 0 N–H and O–H groups in total. The smallest absolute Gasteiger partial charge is 0.429 e. The largest absolute Gasteiger partial charge is 0.459 e. The zero-order valence-electron chi connectivity index (χ0n) is 14.6. The van der Waals surface area contributed by atoms with Crippen LogP contribution in [0.3, 0.4) is 0 Å². The summed E-state index contributed by atoms with van der Waals surface area (Å²) in [4.78, 5) is 8.01. The summed E-state index contributed by atoms with van der Waals surface area (Å²) in [5.74, 6) is -0.148. The average molecular weight is 504 g/mol. The van der Waals surface area contributed by atoms with E-state index in [1.165, 1.54) is 40.5 Å². The number of thiophene rings is 1. The Balaban J connectivity index is 1.85. The molecule has 4 rings (SSSR count). The van der Waals surface area contributed by atoms with Gasteiger partial charge in [0, 0.05) is 22.2 Å². The van der Waals surface area contributed by atoms with Crippen LogP contribution < -0.4 is 4.74 Å². The second kappa shape index (κ2) is 7.58. The molecule has 4 aromatic rings. The first kappa shape index (κ1) is 20.1. The molecule has 5 nitrogen and oxygen atoms in total. The van der Waals surface area contributed by atoms with Gasteiger partial charge >= 0.3 is 6.18 Å². The number of aromatic nitrogens is 4. The maximum absolute atomic E-state index is 14.1. The van der Waals surface area contributed by atoms with E-state index in [0.717, 1.165) is 0 Å². The van der Waals surface area contributed by atoms with Gasteiger partial charge in [0.15, 0.2) is 0 Å². The van der Waals surface area contributed by atoms with Crippen molar-refractivity contribution >= 4 is 49.1 Å². The summed E-state index contributed by atoms with van der Waals surface area (Å²) < 4.78 is 50.0. The van der Waals surface area contributed by atoms with Crippen LogP contribution in [0.15, 0.2) is 46.6 Å². The number of halogens is 5. The molecule has 11 heteroatoms. The number of nitrogens with zero attached hydrogens (tertiary/aromatic N) is 4. The Morgan fingerprint density at radius 1 is 1.24 bits per heavy atom. The quantitative estimate of drug-likeness (QED) is 0.329. The summed E-state index contributed by atoms with van der Waals surface area (Å²) in [5.41, 5.74) is 1.18. The van der Waals surface area contributed by atoms with Gasteiger partial charge < -0.3 is 4.74 Å². The third kappa shape index (κ3) is 3.96. The van der Waals surface area contributed by atoms with Crippen molar-refractivity contribution in [2.45, 2.75) is 19.2 Å². The van der Waals surface area contributed by atoms with Gasteiger partial charge in [-0.2, -0.15) is 18.3 Å². The Morgan fingerprint density at radius 2 is 2.03 bits per heavy atom. The van der Waals surface area contributed by atoms with Crippen molar-refractivity contribution in [2.24, 2.45) is 0 Å². The normalized spacial score (nSPS) is 13.0. The number of alkyl halides is 3. The van der Waals surface area contributed by atoms with Crippen molar-refractivity contribution in [3.8, 4) is 11.6 Å². The molecule has 0 aliphatic heterocycles. The Kier molecular flexibility index (Phi) is 5.26. The fraction of sp³-hybridized carbons (Fsp3) is 0.167. The molecular weight excluding hydrogens is 493 g/mol. The summed E-state index contributed by atoms with van der Waals surface area (Å²) in [5, 5.41) is 6.21. The fourth-order valence-corrected chi connectivity index (χ4v) is 4.48. The highest BCUT2D eigenvalue weighted by Gasteiger charge is 2.45. The van der Waals surface area contributed by atoms with Gasteiger partial charge in [0.05, 0.1) is 15.9 Å². The molecule has 3 aromatic heterocycles. The first-order valence-corrected chi connectivity index (χ1v) is 10.2. The molecule has 0 amide bonds. The number of benzene rings is 1. The van der Waals surface area contributed by atoms with Crippen LogP contribution in [0.25, 0.3) is 15.9 Å². The van der Waals surface area contributed by atoms with Crippen LogP contribution in [-0.2, 0) is 0 Å². The summed E-state index contributed by atoms with van der Waals surface area (Å²) in [6.07, 6.45) is -4.26. The number of fused-ring (bicyclic) bond motifs is 1. The van der Waals surface area contributed by atoms with Crippen LogP contribution in [0.1, 0.15) is 17.4 Å². The minimum Gasteiger partial charge on any atom is -0.459 e. The summed E-state index contributed by atoms with van der Waals surface area (Å²) in [6, 6.07) is 5.78. The van der Waals surface area contributed by atoms with Gasteiger partial charge in [-0.3, -0.25) is 0 Å². The molecule has 1 aromatic carbocycles. The molecule has 0 unspecified atom stereocenters. The van der Waals surface area contributed by atoms with Crippen molar-refractivity contribution < 1.29 is 17.9 Å². The molecule has 1 atom stereocenters. The molecule has 3 heterocycles. The lowest BCUT2D eigenvalue weighted by Crippen LogP contribution is -2.27. The fourth-order valence-electron chi connectivity index (χ4n) is 2.79. The van der Waals surface area contributed by atoms with Gasteiger partial charge in [0.25, 0.3) is 0 Å². The Labute approximate surface area is 180 Å². The average Bonchev–Trinajstić information content (AvgIpc) is 3.26. The van der Waals surface area contributed by atoms with Gasteiger partial charge in [-0.15, -0.1) is 11.3 Å². The molecule has 150 valence electrons.